The first kappa shape index (κ1) is 29.6. The summed E-state index contributed by atoms with van der Waals surface area (Å²) in [5, 5.41) is 12.7. The minimum Gasteiger partial charge on any atom is -0.508 e. The molecular formula is C29H38N6O6. The van der Waals surface area contributed by atoms with Crippen LogP contribution in [0.25, 0.3) is 11.2 Å². The molecule has 2 aromatic heterocycles. The number of amides is 1. The molecule has 1 saturated heterocycles. The molecule has 3 heterocycles. The van der Waals surface area contributed by atoms with Crippen LogP contribution in [0.4, 0.5) is 10.7 Å². The minimum atomic E-state index is -0.669. The zero-order valence-electron chi connectivity index (χ0n) is 24.4. The number of aromatic nitrogens is 4. The van der Waals surface area contributed by atoms with Crippen molar-refractivity contribution in [2.75, 3.05) is 18.0 Å². The lowest BCUT2D eigenvalue weighted by Gasteiger charge is -2.34. The van der Waals surface area contributed by atoms with Gasteiger partial charge in [-0.3, -0.25) is 18.7 Å². The number of phenolic OH excluding ortho intramolecular Hbond substituents is 1. The molecule has 1 atom stereocenters. The number of fused-ring (bicyclic) bond motifs is 1. The third kappa shape index (κ3) is 6.69. The topological polar surface area (TPSA) is 141 Å². The molecule has 12 nitrogen and oxygen atoms in total. The van der Waals surface area contributed by atoms with Crippen LogP contribution >= 0.6 is 0 Å². The number of allylic oxidation sites excluding steroid dienone is 2. The molecule has 12 heteroatoms. The number of hydrogen-bond acceptors (Lipinski definition) is 8. The zero-order chi connectivity index (χ0) is 30.1. The highest BCUT2D eigenvalue weighted by Gasteiger charge is 2.29. The normalized spacial score (nSPS) is 15.6. The van der Waals surface area contributed by atoms with Crippen LogP contribution < -0.4 is 21.5 Å². The second-order valence-electron chi connectivity index (χ2n) is 11.6. The van der Waals surface area contributed by atoms with Crippen LogP contribution in [0.1, 0.15) is 57.8 Å². The highest BCUT2D eigenvalue weighted by atomic mass is 16.6. The highest BCUT2D eigenvalue weighted by Crippen LogP contribution is 2.24. The van der Waals surface area contributed by atoms with Crippen molar-refractivity contribution >= 4 is 29.0 Å². The van der Waals surface area contributed by atoms with Gasteiger partial charge in [0.15, 0.2) is 16.9 Å². The number of phenols is 1. The number of piperidine rings is 1. The summed E-state index contributed by atoms with van der Waals surface area (Å²) in [6, 6.07) is 5.58. The van der Waals surface area contributed by atoms with Crippen molar-refractivity contribution in [2.24, 2.45) is 7.05 Å². The fourth-order valence-corrected chi connectivity index (χ4v) is 4.85. The fraction of sp³-hybridized carbons (Fsp3) is 0.483. The standard InChI is InChI=1S/C29H38N6O6/c1-18(2)12-14-34-23-24(31-26(34)33-13-8-10-20(16-33)30-27(39)41-29(3,4)5)32(6)28(40)35(25(23)38)17-22(37)19-9-7-11-21(36)15-19/h7,9,11-12,15,20,36H,8,10,13-14,16-17H2,1-6H3,(H,30,39). The Hall–Kier alpha value is -4.35. The van der Waals surface area contributed by atoms with Gasteiger partial charge >= 0.3 is 11.8 Å². The van der Waals surface area contributed by atoms with Gasteiger partial charge in [0.1, 0.15) is 11.4 Å². The second-order valence-corrected chi connectivity index (χ2v) is 11.6. The van der Waals surface area contributed by atoms with E-state index < -0.39 is 35.3 Å². The Kier molecular flexibility index (Phi) is 8.41. The first-order valence-corrected chi connectivity index (χ1v) is 13.6. The van der Waals surface area contributed by atoms with Crippen molar-refractivity contribution in [3.05, 3.63) is 62.3 Å². The number of carbonyl (C=O) groups is 2. The average Bonchev–Trinajstić information content (AvgIpc) is 3.27. The number of carbonyl (C=O) groups excluding carboxylic acids is 2. The maximum atomic E-state index is 13.8. The second kappa shape index (κ2) is 11.6. The van der Waals surface area contributed by atoms with E-state index in [4.69, 9.17) is 9.72 Å². The molecular weight excluding hydrogens is 528 g/mol. The largest absolute Gasteiger partial charge is 0.508 e. The summed E-state index contributed by atoms with van der Waals surface area (Å²) < 4.78 is 9.36. The highest BCUT2D eigenvalue weighted by molar-refractivity contribution is 5.96. The van der Waals surface area contributed by atoms with Crippen LogP contribution in [0.3, 0.4) is 0 Å². The fourth-order valence-electron chi connectivity index (χ4n) is 4.85. The number of imidazole rings is 1. The quantitative estimate of drug-likeness (QED) is 0.329. The molecule has 1 aliphatic rings. The van der Waals surface area contributed by atoms with Crippen molar-refractivity contribution in [1.29, 1.82) is 0 Å². The predicted octanol–water partition coefficient (Wildman–Crippen LogP) is 2.94. The van der Waals surface area contributed by atoms with Crippen molar-refractivity contribution in [1.82, 2.24) is 24.0 Å². The van der Waals surface area contributed by atoms with Gasteiger partial charge in [0.2, 0.25) is 5.95 Å². The molecule has 0 radical (unpaired) electrons. The predicted molar refractivity (Wildman–Crippen MR) is 156 cm³/mol. The number of nitrogens with zero attached hydrogens (tertiary/aromatic N) is 5. The van der Waals surface area contributed by atoms with E-state index >= 15 is 0 Å². The van der Waals surface area contributed by atoms with Gasteiger partial charge in [0, 0.05) is 38.3 Å². The Balaban J connectivity index is 1.76. The van der Waals surface area contributed by atoms with Gasteiger partial charge in [0.05, 0.1) is 6.54 Å². The van der Waals surface area contributed by atoms with Crippen LogP contribution in [0.2, 0.25) is 0 Å². The van der Waals surface area contributed by atoms with Gasteiger partial charge in [-0.25, -0.2) is 9.59 Å². The molecule has 1 aromatic carbocycles. The number of ether oxygens (including phenoxy) is 1. The van der Waals surface area contributed by atoms with Gasteiger partial charge in [-0.05, 0) is 59.6 Å². The lowest BCUT2D eigenvalue weighted by Crippen LogP contribution is -2.49. The summed E-state index contributed by atoms with van der Waals surface area (Å²) >= 11 is 0. The zero-order valence-corrected chi connectivity index (χ0v) is 24.4. The van der Waals surface area contributed by atoms with Gasteiger partial charge in [-0.15, -0.1) is 0 Å². The maximum absolute atomic E-state index is 13.8. The lowest BCUT2D eigenvalue weighted by molar-refractivity contribution is 0.0499. The van der Waals surface area contributed by atoms with E-state index in [0.717, 1.165) is 23.0 Å². The Morgan fingerprint density at radius 1 is 1.20 bits per heavy atom. The minimum absolute atomic E-state index is 0.0861. The first-order valence-electron chi connectivity index (χ1n) is 13.6. The van der Waals surface area contributed by atoms with Crippen LogP contribution in [-0.4, -0.2) is 60.4 Å². The summed E-state index contributed by atoms with van der Waals surface area (Å²) in [5.74, 6) is -0.0727. The molecule has 220 valence electrons. The molecule has 4 rings (SSSR count). The van der Waals surface area contributed by atoms with Crippen molar-refractivity contribution in [2.45, 2.75) is 72.2 Å². The number of nitrogens with one attached hydrogen (secondary N) is 1. The number of Topliss-reactive ketones (excluding diaryl/α,β-unsaturated/α-hetero) is 1. The van der Waals surface area contributed by atoms with Gasteiger partial charge in [0.25, 0.3) is 5.56 Å². The van der Waals surface area contributed by atoms with Gasteiger partial charge in [-0.1, -0.05) is 23.8 Å². The number of rotatable bonds is 7. The smallest absolute Gasteiger partial charge is 0.407 e. The molecule has 0 aliphatic carbocycles. The summed E-state index contributed by atoms with van der Waals surface area (Å²) in [5.41, 5.74) is -0.287. The van der Waals surface area contributed by atoms with Gasteiger partial charge < -0.3 is 24.6 Å². The molecule has 1 amide bonds. The number of aromatic hydroxyl groups is 1. The van der Waals surface area contributed by atoms with Crippen LogP contribution in [0, 0.1) is 0 Å². The maximum Gasteiger partial charge on any atom is 0.407 e. The van der Waals surface area contributed by atoms with Crippen LogP contribution in [0.5, 0.6) is 5.75 Å². The van der Waals surface area contributed by atoms with E-state index in [-0.39, 0.29) is 28.5 Å². The number of benzene rings is 1. The van der Waals surface area contributed by atoms with E-state index in [2.05, 4.69) is 5.32 Å². The van der Waals surface area contributed by atoms with E-state index in [1.54, 1.807) is 25.3 Å². The van der Waals surface area contributed by atoms with E-state index in [1.165, 1.54) is 35.9 Å². The lowest BCUT2D eigenvalue weighted by atomic mass is 10.1. The van der Waals surface area contributed by atoms with E-state index in [1.807, 2.05) is 24.8 Å². The van der Waals surface area contributed by atoms with Crippen LogP contribution in [0.15, 0.2) is 45.5 Å². The molecule has 1 fully saturated rings. The first-order chi connectivity index (χ1) is 19.2. The Morgan fingerprint density at radius 3 is 2.59 bits per heavy atom. The van der Waals surface area contributed by atoms with Crippen molar-refractivity contribution < 1.29 is 19.4 Å². The monoisotopic (exact) mass is 566 g/mol. The molecule has 0 bridgehead atoms. The SMILES string of the molecule is CC(C)=CCn1c(N2CCCC(NC(=O)OC(C)(C)C)C2)nc2c1c(=O)n(CC(=O)c1cccc(O)c1)c(=O)n2C. The molecule has 1 unspecified atom stereocenters. The van der Waals surface area contributed by atoms with Crippen molar-refractivity contribution in [3.63, 3.8) is 0 Å². The van der Waals surface area contributed by atoms with Crippen LogP contribution in [-0.2, 0) is 24.9 Å². The third-order valence-electron chi connectivity index (χ3n) is 6.79. The molecule has 0 spiro atoms. The number of aryl methyl sites for hydroxylation is 1. The summed E-state index contributed by atoms with van der Waals surface area (Å²) in [7, 11) is 1.52. The summed E-state index contributed by atoms with van der Waals surface area (Å²) in [4.78, 5) is 59.2. The van der Waals surface area contributed by atoms with Crippen molar-refractivity contribution in [3.8, 4) is 5.75 Å². The Bertz CT molecular complexity index is 1620. The number of anilines is 1. The van der Waals surface area contributed by atoms with E-state index in [9.17, 15) is 24.3 Å². The van der Waals surface area contributed by atoms with Gasteiger partial charge in [-0.2, -0.15) is 4.98 Å². The third-order valence-corrected chi connectivity index (χ3v) is 6.79. The number of ketones is 1. The van der Waals surface area contributed by atoms with E-state index in [0.29, 0.717) is 25.6 Å². The number of hydrogen-bond donors (Lipinski definition) is 2. The average molecular weight is 567 g/mol. The summed E-state index contributed by atoms with van der Waals surface area (Å²) in [6.07, 6.45) is 2.99. The molecule has 0 saturated carbocycles. The summed E-state index contributed by atoms with van der Waals surface area (Å²) in [6.45, 7) is 10.2. The molecule has 41 heavy (non-hydrogen) atoms. The number of alkyl carbamates (subject to hydrolysis) is 1. The molecule has 1 aliphatic heterocycles. The Morgan fingerprint density at radius 2 is 1.93 bits per heavy atom. The Labute approximate surface area is 237 Å². The molecule has 3 aromatic rings. The molecule has 2 N–H and O–H groups in total.